The number of nitriles is 1. The number of urea groups is 1. The third kappa shape index (κ3) is 2.64. The number of amides is 2. The Morgan fingerprint density at radius 3 is 2.60 bits per heavy atom. The Hall–Kier alpha value is -2.35. The Kier molecular flexibility index (Phi) is 4.04. The lowest BCUT2D eigenvalue weighted by atomic mass is 9.91. The van der Waals surface area contributed by atoms with Crippen molar-refractivity contribution in [2.75, 3.05) is 0 Å². The second-order valence-electron chi connectivity index (χ2n) is 4.83. The smallest absolute Gasteiger partial charge is 0.319 e. The molecule has 1 aliphatic rings. The molecule has 5 heteroatoms. The number of hydrogen-bond acceptors (Lipinski definition) is 2. The van der Waals surface area contributed by atoms with Crippen LogP contribution in [0.5, 0.6) is 0 Å². The molecule has 2 rings (SSSR count). The number of halogens is 1. The summed E-state index contributed by atoms with van der Waals surface area (Å²) in [4.78, 5) is 11.8. The minimum atomic E-state index is -0.529. The van der Waals surface area contributed by atoms with E-state index in [1.807, 2.05) is 13.8 Å². The lowest BCUT2D eigenvalue weighted by Crippen LogP contribution is -2.45. The zero-order valence-corrected chi connectivity index (χ0v) is 11.4. The summed E-state index contributed by atoms with van der Waals surface area (Å²) in [5.41, 5.74) is 1.82. The Morgan fingerprint density at radius 2 is 2.05 bits per heavy atom. The maximum atomic E-state index is 13.0. The summed E-state index contributed by atoms with van der Waals surface area (Å²) in [5.74, 6) is -0.266. The van der Waals surface area contributed by atoms with Crippen LogP contribution in [0.15, 0.2) is 35.5 Å². The number of hydrogen-bond donors (Lipinski definition) is 2. The van der Waals surface area contributed by atoms with E-state index >= 15 is 0 Å². The summed E-state index contributed by atoms with van der Waals surface area (Å²) >= 11 is 0. The van der Waals surface area contributed by atoms with Gasteiger partial charge in [-0.15, -0.1) is 0 Å². The maximum Gasteiger partial charge on any atom is 0.319 e. The van der Waals surface area contributed by atoms with Crippen LogP contribution in [0.2, 0.25) is 0 Å². The van der Waals surface area contributed by atoms with Crippen molar-refractivity contribution in [1.29, 1.82) is 5.26 Å². The van der Waals surface area contributed by atoms with Gasteiger partial charge in [0, 0.05) is 5.70 Å². The first-order valence-electron chi connectivity index (χ1n) is 6.54. The fourth-order valence-electron chi connectivity index (χ4n) is 2.21. The third-order valence-electron chi connectivity index (χ3n) is 3.53. The van der Waals surface area contributed by atoms with Gasteiger partial charge >= 0.3 is 6.03 Å². The summed E-state index contributed by atoms with van der Waals surface area (Å²) in [6.45, 7) is 3.95. The van der Waals surface area contributed by atoms with Crippen LogP contribution in [0.3, 0.4) is 0 Å². The van der Waals surface area contributed by atoms with Gasteiger partial charge in [0.15, 0.2) is 0 Å². The van der Waals surface area contributed by atoms with E-state index in [0.717, 1.165) is 6.42 Å². The Morgan fingerprint density at radius 1 is 1.40 bits per heavy atom. The predicted octanol–water partition coefficient (Wildman–Crippen LogP) is 3.00. The maximum absolute atomic E-state index is 13.0. The van der Waals surface area contributed by atoms with E-state index in [1.54, 1.807) is 12.1 Å². The van der Waals surface area contributed by atoms with Gasteiger partial charge in [-0.3, -0.25) is 0 Å². The van der Waals surface area contributed by atoms with Crippen molar-refractivity contribution in [1.82, 2.24) is 10.6 Å². The first-order valence-corrected chi connectivity index (χ1v) is 6.54. The molecular formula is C15H16FN3O. The van der Waals surface area contributed by atoms with E-state index in [9.17, 15) is 14.4 Å². The minimum Gasteiger partial charge on any atom is -0.326 e. The molecular weight excluding hydrogens is 257 g/mol. The Labute approximate surface area is 117 Å². The number of benzene rings is 1. The first-order chi connectivity index (χ1) is 9.56. The summed E-state index contributed by atoms with van der Waals surface area (Å²) < 4.78 is 13.0. The molecule has 1 aliphatic heterocycles. The molecule has 2 amide bonds. The van der Waals surface area contributed by atoms with Gasteiger partial charge in [0.2, 0.25) is 0 Å². The summed E-state index contributed by atoms with van der Waals surface area (Å²) in [6.07, 6.45) is 0.816. The van der Waals surface area contributed by atoms with E-state index in [0.29, 0.717) is 16.8 Å². The molecule has 104 valence electrons. The lowest BCUT2D eigenvalue weighted by molar-refractivity contribution is 0.237. The summed E-state index contributed by atoms with van der Waals surface area (Å²) in [5, 5.41) is 14.8. The van der Waals surface area contributed by atoms with Crippen molar-refractivity contribution in [3.8, 4) is 6.07 Å². The van der Waals surface area contributed by atoms with Crippen molar-refractivity contribution in [3.63, 3.8) is 0 Å². The zero-order valence-electron chi connectivity index (χ0n) is 11.4. The van der Waals surface area contributed by atoms with Gasteiger partial charge in [-0.2, -0.15) is 5.26 Å². The highest BCUT2D eigenvalue weighted by molar-refractivity contribution is 5.79. The fraction of sp³-hybridized carbons (Fsp3) is 0.333. The van der Waals surface area contributed by atoms with E-state index in [-0.39, 0.29) is 17.8 Å². The van der Waals surface area contributed by atoms with Crippen molar-refractivity contribution < 1.29 is 9.18 Å². The number of rotatable bonds is 3. The highest BCUT2D eigenvalue weighted by Gasteiger charge is 2.30. The molecule has 20 heavy (non-hydrogen) atoms. The van der Waals surface area contributed by atoms with Crippen molar-refractivity contribution in [2.45, 2.75) is 26.3 Å². The monoisotopic (exact) mass is 273 g/mol. The number of nitrogens with zero attached hydrogens (tertiary/aromatic N) is 1. The molecule has 0 fully saturated rings. The van der Waals surface area contributed by atoms with Crippen LogP contribution in [0.1, 0.15) is 31.9 Å². The van der Waals surface area contributed by atoms with Crippen LogP contribution in [-0.2, 0) is 0 Å². The van der Waals surface area contributed by atoms with E-state index < -0.39 is 6.04 Å². The van der Waals surface area contributed by atoms with Gasteiger partial charge in [-0.05, 0) is 30.0 Å². The van der Waals surface area contributed by atoms with Crippen LogP contribution in [0, 0.1) is 23.1 Å². The van der Waals surface area contributed by atoms with Gasteiger partial charge in [0.1, 0.15) is 5.82 Å². The average Bonchev–Trinajstić information content (AvgIpc) is 2.46. The van der Waals surface area contributed by atoms with Gasteiger partial charge < -0.3 is 10.6 Å². The predicted molar refractivity (Wildman–Crippen MR) is 72.9 cm³/mol. The molecule has 0 radical (unpaired) electrons. The van der Waals surface area contributed by atoms with Gasteiger partial charge in [-0.25, -0.2) is 9.18 Å². The highest BCUT2D eigenvalue weighted by Crippen LogP contribution is 2.29. The molecule has 2 unspecified atom stereocenters. The quantitative estimate of drug-likeness (QED) is 0.889. The topological polar surface area (TPSA) is 64.9 Å². The van der Waals surface area contributed by atoms with Crippen LogP contribution in [0.4, 0.5) is 9.18 Å². The SMILES string of the molecule is CCC(C)C1=C(C#N)C(c2ccc(F)cc2)NC(=O)N1. The molecule has 2 atom stereocenters. The van der Waals surface area contributed by atoms with Gasteiger partial charge in [0.05, 0.1) is 17.7 Å². The molecule has 0 aliphatic carbocycles. The molecule has 1 aromatic carbocycles. The van der Waals surface area contributed by atoms with Crippen LogP contribution < -0.4 is 10.6 Å². The minimum absolute atomic E-state index is 0.0821. The molecule has 1 aromatic rings. The van der Waals surface area contributed by atoms with Crippen molar-refractivity contribution >= 4 is 6.03 Å². The Bertz CT molecular complexity index is 586. The Balaban J connectivity index is 2.48. The summed E-state index contributed by atoms with van der Waals surface area (Å²) in [7, 11) is 0. The van der Waals surface area contributed by atoms with E-state index in [2.05, 4.69) is 16.7 Å². The van der Waals surface area contributed by atoms with Crippen LogP contribution in [-0.4, -0.2) is 6.03 Å². The fourth-order valence-corrected chi connectivity index (χ4v) is 2.21. The second-order valence-corrected chi connectivity index (χ2v) is 4.83. The largest absolute Gasteiger partial charge is 0.326 e. The molecule has 0 spiro atoms. The molecule has 0 saturated carbocycles. The number of nitrogens with one attached hydrogen (secondary N) is 2. The van der Waals surface area contributed by atoms with E-state index in [4.69, 9.17) is 0 Å². The van der Waals surface area contributed by atoms with Crippen molar-refractivity contribution in [2.24, 2.45) is 5.92 Å². The zero-order chi connectivity index (χ0) is 14.7. The number of carbonyl (C=O) groups excluding carboxylic acids is 1. The summed E-state index contributed by atoms with van der Waals surface area (Å²) in [6, 6.07) is 7.10. The number of carbonyl (C=O) groups is 1. The second kappa shape index (κ2) is 5.74. The van der Waals surface area contributed by atoms with Crippen LogP contribution >= 0.6 is 0 Å². The molecule has 2 N–H and O–H groups in total. The standard InChI is InChI=1S/C15H16FN3O/c1-3-9(2)13-12(8-17)14(19-15(20)18-13)10-4-6-11(16)7-5-10/h4-7,9,14H,3H2,1-2H3,(H2,18,19,20). The van der Waals surface area contributed by atoms with Crippen molar-refractivity contribution in [3.05, 3.63) is 46.9 Å². The molecule has 4 nitrogen and oxygen atoms in total. The van der Waals surface area contributed by atoms with Gasteiger partial charge in [0.25, 0.3) is 0 Å². The van der Waals surface area contributed by atoms with Crippen LogP contribution in [0.25, 0.3) is 0 Å². The molecule has 0 bridgehead atoms. The number of allylic oxidation sites excluding steroid dienone is 1. The molecule has 1 heterocycles. The third-order valence-corrected chi connectivity index (χ3v) is 3.53. The molecule has 0 aromatic heterocycles. The van der Waals surface area contributed by atoms with E-state index in [1.165, 1.54) is 12.1 Å². The normalized spacial score (nSPS) is 19.9. The average molecular weight is 273 g/mol. The molecule has 0 saturated heterocycles. The lowest BCUT2D eigenvalue weighted by Gasteiger charge is -2.29. The highest BCUT2D eigenvalue weighted by atomic mass is 19.1. The van der Waals surface area contributed by atoms with Gasteiger partial charge in [-0.1, -0.05) is 26.0 Å². The first kappa shape index (κ1) is 14.1.